The lowest BCUT2D eigenvalue weighted by Crippen LogP contribution is -2.31. The fourth-order valence-corrected chi connectivity index (χ4v) is 3.32. The molecular weight excluding hydrogens is 306 g/mol. The Labute approximate surface area is 131 Å². The van der Waals surface area contributed by atoms with Gasteiger partial charge >= 0.3 is 0 Å². The van der Waals surface area contributed by atoms with E-state index in [1.165, 1.54) is 32.4 Å². The van der Waals surface area contributed by atoms with Crippen molar-refractivity contribution >= 4 is 15.7 Å². The van der Waals surface area contributed by atoms with Crippen molar-refractivity contribution < 1.29 is 22.7 Å². The summed E-state index contributed by atoms with van der Waals surface area (Å²) in [6.45, 7) is 4.88. The summed E-state index contributed by atoms with van der Waals surface area (Å²) in [7, 11) is -0.622. The number of hydrogen-bond acceptors (Lipinski definition) is 5. The van der Waals surface area contributed by atoms with Crippen LogP contribution in [0.3, 0.4) is 0 Å². The summed E-state index contributed by atoms with van der Waals surface area (Å²) in [5, 5.41) is 0. The monoisotopic (exact) mass is 329 g/mol. The van der Waals surface area contributed by atoms with E-state index in [4.69, 9.17) is 9.47 Å². The SMILES string of the molecule is CCN(CC)C(=O)CCS(=O)(=O)c1ccc(OC)c(OC)c1. The number of methoxy groups -OCH3 is 2. The van der Waals surface area contributed by atoms with Crippen LogP contribution in [0.25, 0.3) is 0 Å². The Morgan fingerprint density at radius 3 is 2.18 bits per heavy atom. The first kappa shape index (κ1) is 18.3. The molecule has 0 radical (unpaired) electrons. The minimum atomic E-state index is -3.55. The summed E-state index contributed by atoms with van der Waals surface area (Å²) in [5.41, 5.74) is 0. The predicted molar refractivity (Wildman–Crippen MR) is 84.1 cm³/mol. The van der Waals surface area contributed by atoms with Crippen LogP contribution in [0.4, 0.5) is 0 Å². The van der Waals surface area contributed by atoms with E-state index in [1.54, 1.807) is 4.90 Å². The van der Waals surface area contributed by atoms with Crippen LogP contribution in [0, 0.1) is 0 Å². The van der Waals surface area contributed by atoms with Gasteiger partial charge < -0.3 is 14.4 Å². The Morgan fingerprint density at radius 2 is 1.68 bits per heavy atom. The van der Waals surface area contributed by atoms with E-state index in [0.29, 0.717) is 24.6 Å². The van der Waals surface area contributed by atoms with Crippen LogP contribution in [-0.2, 0) is 14.6 Å². The minimum Gasteiger partial charge on any atom is -0.493 e. The maximum Gasteiger partial charge on any atom is 0.223 e. The van der Waals surface area contributed by atoms with Gasteiger partial charge in [0.05, 0.1) is 24.9 Å². The molecule has 0 spiro atoms. The van der Waals surface area contributed by atoms with Crippen molar-refractivity contribution in [2.75, 3.05) is 33.1 Å². The van der Waals surface area contributed by atoms with Crippen LogP contribution >= 0.6 is 0 Å². The number of sulfone groups is 1. The van der Waals surface area contributed by atoms with Crippen LogP contribution in [0.1, 0.15) is 20.3 Å². The van der Waals surface area contributed by atoms with Gasteiger partial charge in [0.25, 0.3) is 0 Å². The van der Waals surface area contributed by atoms with Crippen molar-refractivity contribution in [2.45, 2.75) is 25.2 Å². The van der Waals surface area contributed by atoms with E-state index in [9.17, 15) is 13.2 Å². The Kier molecular flexibility index (Phi) is 6.67. The summed E-state index contributed by atoms with van der Waals surface area (Å²) in [4.78, 5) is 13.7. The van der Waals surface area contributed by atoms with Gasteiger partial charge in [-0.15, -0.1) is 0 Å². The Balaban J connectivity index is 2.89. The molecule has 7 heteroatoms. The van der Waals surface area contributed by atoms with E-state index in [2.05, 4.69) is 0 Å². The number of benzene rings is 1. The van der Waals surface area contributed by atoms with Gasteiger partial charge in [0.15, 0.2) is 21.3 Å². The molecule has 0 saturated carbocycles. The second kappa shape index (κ2) is 8.03. The van der Waals surface area contributed by atoms with Crippen molar-refractivity contribution in [1.82, 2.24) is 4.90 Å². The standard InChI is InChI=1S/C15H23NO5S/c1-5-16(6-2)15(17)9-10-22(18,19)12-7-8-13(20-3)14(11-12)21-4/h7-8,11H,5-6,9-10H2,1-4H3. The molecular formula is C15H23NO5S. The number of carbonyl (C=O) groups is 1. The smallest absolute Gasteiger partial charge is 0.223 e. The number of hydrogen-bond donors (Lipinski definition) is 0. The van der Waals surface area contributed by atoms with E-state index in [1.807, 2.05) is 13.8 Å². The molecule has 22 heavy (non-hydrogen) atoms. The molecule has 0 saturated heterocycles. The number of rotatable bonds is 8. The molecule has 0 bridgehead atoms. The quantitative estimate of drug-likeness (QED) is 0.726. The zero-order chi connectivity index (χ0) is 16.8. The Hall–Kier alpha value is -1.76. The number of carbonyl (C=O) groups excluding carboxylic acids is 1. The highest BCUT2D eigenvalue weighted by atomic mass is 32.2. The maximum atomic E-state index is 12.3. The normalized spacial score (nSPS) is 11.1. The van der Waals surface area contributed by atoms with Gasteiger partial charge in [-0.1, -0.05) is 0 Å². The van der Waals surface area contributed by atoms with Crippen LogP contribution in [0.5, 0.6) is 11.5 Å². The molecule has 0 N–H and O–H groups in total. The third-order valence-electron chi connectivity index (χ3n) is 3.41. The molecule has 1 amide bonds. The summed E-state index contributed by atoms with van der Waals surface area (Å²) in [6.07, 6.45) is -0.0294. The van der Waals surface area contributed by atoms with Crippen LogP contribution in [0.2, 0.25) is 0 Å². The highest BCUT2D eigenvalue weighted by Gasteiger charge is 2.20. The second-order valence-corrected chi connectivity index (χ2v) is 6.76. The van der Waals surface area contributed by atoms with E-state index < -0.39 is 9.84 Å². The molecule has 124 valence electrons. The number of amides is 1. The van der Waals surface area contributed by atoms with Gasteiger partial charge in [0.1, 0.15) is 0 Å². The van der Waals surface area contributed by atoms with E-state index in [0.717, 1.165) is 0 Å². The fourth-order valence-electron chi connectivity index (χ4n) is 2.08. The Bertz CT molecular complexity index is 608. The van der Waals surface area contributed by atoms with Gasteiger partial charge in [0, 0.05) is 25.6 Å². The fraction of sp³-hybridized carbons (Fsp3) is 0.533. The van der Waals surface area contributed by atoms with Crippen molar-refractivity contribution in [3.8, 4) is 11.5 Å². The van der Waals surface area contributed by atoms with Crippen molar-refractivity contribution in [2.24, 2.45) is 0 Å². The molecule has 1 rings (SSSR count). The molecule has 0 aliphatic heterocycles. The first-order valence-electron chi connectivity index (χ1n) is 7.12. The average Bonchev–Trinajstić information content (AvgIpc) is 2.53. The third-order valence-corrected chi connectivity index (χ3v) is 5.13. The Morgan fingerprint density at radius 1 is 1.09 bits per heavy atom. The second-order valence-electron chi connectivity index (χ2n) is 4.65. The zero-order valence-electron chi connectivity index (χ0n) is 13.5. The minimum absolute atomic E-state index is 0.0294. The van der Waals surface area contributed by atoms with Crippen LogP contribution < -0.4 is 9.47 Å². The zero-order valence-corrected chi connectivity index (χ0v) is 14.3. The first-order chi connectivity index (χ1) is 10.4. The number of nitrogens with zero attached hydrogens (tertiary/aromatic N) is 1. The van der Waals surface area contributed by atoms with E-state index in [-0.39, 0.29) is 23.0 Å². The summed E-state index contributed by atoms with van der Waals surface area (Å²) < 4.78 is 34.9. The molecule has 0 unspecified atom stereocenters. The topological polar surface area (TPSA) is 72.9 Å². The maximum absolute atomic E-state index is 12.3. The van der Waals surface area contributed by atoms with Gasteiger partial charge in [0.2, 0.25) is 5.91 Å². The molecule has 0 fully saturated rings. The van der Waals surface area contributed by atoms with Crippen LogP contribution in [0.15, 0.2) is 23.1 Å². The lowest BCUT2D eigenvalue weighted by molar-refractivity contribution is -0.130. The van der Waals surface area contributed by atoms with Gasteiger partial charge in [-0.3, -0.25) is 4.79 Å². The molecule has 0 aliphatic carbocycles. The van der Waals surface area contributed by atoms with Gasteiger partial charge in [-0.05, 0) is 26.0 Å². The molecule has 6 nitrogen and oxygen atoms in total. The molecule has 1 aromatic rings. The highest BCUT2D eigenvalue weighted by molar-refractivity contribution is 7.91. The summed E-state index contributed by atoms with van der Waals surface area (Å²) in [5.74, 6) is 0.422. The van der Waals surface area contributed by atoms with Gasteiger partial charge in [-0.25, -0.2) is 8.42 Å². The van der Waals surface area contributed by atoms with Crippen molar-refractivity contribution in [3.63, 3.8) is 0 Å². The largest absolute Gasteiger partial charge is 0.493 e. The average molecular weight is 329 g/mol. The predicted octanol–water partition coefficient (Wildman–Crippen LogP) is 1.74. The van der Waals surface area contributed by atoms with Crippen molar-refractivity contribution in [3.05, 3.63) is 18.2 Å². The first-order valence-corrected chi connectivity index (χ1v) is 8.77. The molecule has 0 aromatic heterocycles. The lowest BCUT2D eigenvalue weighted by atomic mass is 10.3. The van der Waals surface area contributed by atoms with Crippen LogP contribution in [-0.4, -0.2) is 52.3 Å². The highest BCUT2D eigenvalue weighted by Crippen LogP contribution is 2.29. The van der Waals surface area contributed by atoms with Crippen molar-refractivity contribution in [1.29, 1.82) is 0 Å². The molecule has 1 aromatic carbocycles. The lowest BCUT2D eigenvalue weighted by Gasteiger charge is -2.18. The third kappa shape index (κ3) is 4.37. The summed E-state index contributed by atoms with van der Waals surface area (Å²) >= 11 is 0. The molecule has 0 aliphatic rings. The number of ether oxygens (including phenoxy) is 2. The molecule has 0 heterocycles. The summed E-state index contributed by atoms with van der Waals surface area (Å²) in [6, 6.07) is 4.41. The molecule has 0 atom stereocenters. The van der Waals surface area contributed by atoms with E-state index >= 15 is 0 Å². The van der Waals surface area contributed by atoms with Gasteiger partial charge in [-0.2, -0.15) is 0 Å².